The van der Waals surface area contributed by atoms with E-state index in [0.717, 1.165) is 110 Å². The van der Waals surface area contributed by atoms with Crippen LogP contribution >= 0.6 is 38.9 Å². The number of thiophene rings is 1. The van der Waals surface area contributed by atoms with E-state index in [1.807, 2.05) is 214 Å². The van der Waals surface area contributed by atoms with E-state index in [-0.39, 0.29) is 102 Å². The second-order valence-corrected chi connectivity index (χ2v) is 42.0. The van der Waals surface area contributed by atoms with Crippen LogP contribution in [0.2, 0.25) is 5.02 Å². The number of aryl methyl sites for hydroxylation is 2. The van der Waals surface area contributed by atoms with Crippen molar-refractivity contribution in [2.75, 3.05) is 40.6 Å². The van der Waals surface area contributed by atoms with Gasteiger partial charge in [0.1, 0.15) is 45.5 Å². The predicted octanol–water partition coefficient (Wildman–Crippen LogP) is 17.2. The van der Waals surface area contributed by atoms with Crippen molar-refractivity contribution in [1.29, 1.82) is 5.26 Å². The third kappa shape index (κ3) is 21.4. The molecule has 0 bridgehead atoms. The van der Waals surface area contributed by atoms with Gasteiger partial charge in [-0.05, 0) is 209 Å². The molecule has 21 rings (SSSR count). The Bertz CT molecular complexity index is 7810. The minimum Gasteiger partial charge on any atom is -0.369 e. The number of aromatic nitrogens is 4. The van der Waals surface area contributed by atoms with Crippen LogP contribution in [0, 0.1) is 24.1 Å². The largest absolute Gasteiger partial charge is 0.369 e. The van der Waals surface area contributed by atoms with Gasteiger partial charge >= 0.3 is 0 Å². The number of guanidine groups is 6. The third-order valence-corrected chi connectivity index (χ3v) is 30.4. The average Bonchev–Trinajstić information content (AvgIpc) is 1.71. The summed E-state index contributed by atoms with van der Waals surface area (Å²) in [5.74, 6) is -0.0392. The Labute approximate surface area is 880 Å². The van der Waals surface area contributed by atoms with Crippen LogP contribution in [0.15, 0.2) is 308 Å². The summed E-state index contributed by atoms with van der Waals surface area (Å²) >= 11 is 11.3. The first-order valence-electron chi connectivity index (χ1n) is 48.4. The van der Waals surface area contributed by atoms with Gasteiger partial charge in [-0.1, -0.05) is 231 Å². The quantitative estimate of drug-likeness (QED) is 0.0564. The summed E-state index contributed by atoms with van der Waals surface area (Å²) in [5, 5.41) is 14.1. The summed E-state index contributed by atoms with van der Waals surface area (Å²) in [4.78, 5) is 133. The molecule has 1 spiro atoms. The van der Waals surface area contributed by atoms with Gasteiger partial charge in [0.2, 0.25) is 35.4 Å². The van der Waals surface area contributed by atoms with Crippen molar-refractivity contribution in [2.24, 2.45) is 64.4 Å². The molecule has 5 aromatic heterocycles. The Morgan fingerprint density at radius 2 is 1.10 bits per heavy atom. The van der Waals surface area contributed by atoms with E-state index in [9.17, 15) is 43.2 Å². The summed E-state index contributed by atoms with van der Waals surface area (Å²) in [5.41, 5.74) is 48.3. The number of rotatable bonds is 13. The lowest BCUT2D eigenvalue weighted by molar-refractivity contribution is -0.131. The van der Waals surface area contributed by atoms with Crippen LogP contribution in [0.1, 0.15) is 172 Å². The molecule has 31 nitrogen and oxygen atoms in total. The highest BCUT2D eigenvalue weighted by atomic mass is 79.9. The van der Waals surface area contributed by atoms with Crippen LogP contribution in [0.5, 0.6) is 0 Å². The molecule has 13 N–H and O–H groups in total. The molecule has 762 valence electrons. The Kier molecular flexibility index (Phi) is 29.9. The number of fused-ring (bicyclic) bond motifs is 5. The molecule has 35 heteroatoms. The number of nitrogens with two attached hydrogens (primary N) is 6. The molecule has 0 saturated heterocycles. The zero-order chi connectivity index (χ0) is 107. The summed E-state index contributed by atoms with van der Waals surface area (Å²) in [7, 11) is 8.21. The molecular weight excluding hydrogens is 1980 g/mol. The number of hydrogen-bond donors (Lipinski definition) is 7. The molecule has 7 aliphatic rings. The number of imidazole rings is 2. The zero-order valence-electron chi connectivity index (χ0n) is 85.2. The lowest BCUT2D eigenvalue weighted by atomic mass is 9.74. The number of likely N-dealkylation sites (N-methyl/N-ethyl adjacent to an activating group) is 1. The minimum atomic E-state index is -1.22. The second kappa shape index (κ2) is 42.2. The van der Waals surface area contributed by atoms with Crippen LogP contribution in [-0.2, 0) is 85.2 Å². The van der Waals surface area contributed by atoms with Gasteiger partial charge in [0.15, 0.2) is 41.3 Å². The molecule has 149 heavy (non-hydrogen) atoms. The molecule has 7 amide bonds. The fourth-order valence-corrected chi connectivity index (χ4v) is 21.4. The van der Waals surface area contributed by atoms with E-state index < -0.39 is 39.2 Å². The lowest BCUT2D eigenvalue weighted by Gasteiger charge is -2.41. The molecule has 0 fully saturated rings. The number of amides is 7. The van der Waals surface area contributed by atoms with Crippen LogP contribution < -0.4 is 39.7 Å². The maximum absolute atomic E-state index is 13.8. The van der Waals surface area contributed by atoms with Crippen molar-refractivity contribution in [1.82, 2.24) is 48.2 Å². The highest BCUT2D eigenvalue weighted by Gasteiger charge is 2.52. The third-order valence-electron chi connectivity index (χ3n) is 28.3. The number of benzene rings is 9. The summed E-state index contributed by atoms with van der Waals surface area (Å²) < 4.78 is 19.0. The first-order valence-corrected chi connectivity index (χ1v) is 50.4. The maximum atomic E-state index is 13.8. The van der Waals surface area contributed by atoms with Gasteiger partial charge in [0.25, 0.3) is 5.91 Å². The van der Waals surface area contributed by atoms with Gasteiger partial charge in [-0.3, -0.25) is 67.4 Å². The molecule has 11 heterocycles. The van der Waals surface area contributed by atoms with Gasteiger partial charge in [0.05, 0.1) is 67.3 Å². The lowest BCUT2D eigenvalue weighted by Crippen LogP contribution is -2.52. The Morgan fingerprint density at radius 3 is 1.71 bits per heavy atom. The number of halogens is 3. The fraction of sp³-hybridized carbons (Fsp3) is 0.263. The van der Waals surface area contributed by atoms with E-state index in [1.54, 1.807) is 77.1 Å². The Morgan fingerprint density at radius 1 is 0.537 bits per heavy atom. The highest BCUT2D eigenvalue weighted by Crippen LogP contribution is 2.50. The summed E-state index contributed by atoms with van der Waals surface area (Å²) in [6.45, 7) is 18.0. The second-order valence-electron chi connectivity index (χ2n) is 39.6. The summed E-state index contributed by atoms with van der Waals surface area (Å²) in [6.07, 6.45) is 10.6. The van der Waals surface area contributed by atoms with E-state index in [2.05, 4.69) is 139 Å². The molecule has 6 atom stereocenters. The molecule has 1 aliphatic carbocycles. The number of pyridine rings is 2. The Balaban J connectivity index is 0.000000129. The van der Waals surface area contributed by atoms with Crippen molar-refractivity contribution in [3.05, 3.63) is 361 Å². The van der Waals surface area contributed by atoms with Crippen molar-refractivity contribution in [3.63, 3.8) is 0 Å². The van der Waals surface area contributed by atoms with Crippen LogP contribution in [0.25, 0.3) is 43.6 Å². The number of aliphatic imine (C=N–C) groups is 6. The number of nitrogens with one attached hydrogen (secondary N) is 1. The van der Waals surface area contributed by atoms with Gasteiger partial charge in [-0.25, -0.2) is 44.3 Å². The van der Waals surface area contributed by atoms with Gasteiger partial charge < -0.3 is 44.1 Å². The molecule has 14 aromatic rings. The number of anilines is 1. The smallest absolute Gasteiger partial charge is 0.266 e. The van der Waals surface area contributed by atoms with Gasteiger partial charge in [0, 0.05) is 78.8 Å². The molecule has 6 aliphatic heterocycles. The fourth-order valence-electron chi connectivity index (χ4n) is 19.6. The van der Waals surface area contributed by atoms with Crippen LogP contribution in [0.3, 0.4) is 0 Å². The molecule has 0 unspecified atom stereocenters. The van der Waals surface area contributed by atoms with E-state index >= 15 is 0 Å². The van der Waals surface area contributed by atoms with E-state index in [4.69, 9.17) is 56.0 Å². The number of carbonyl (C=O) groups is 7. The van der Waals surface area contributed by atoms with Crippen LogP contribution in [-0.4, -0.2) is 161 Å². The van der Waals surface area contributed by atoms with Gasteiger partial charge in [-0.15, -0.1) is 11.3 Å². The molecule has 0 radical (unpaired) electrons. The van der Waals surface area contributed by atoms with Crippen molar-refractivity contribution >= 4 is 143 Å². The number of carbonyl (C=O) groups excluding carboxylic acids is 7. The topological polar surface area (TPSA) is 440 Å². The number of nitrogens with zero attached hydrogens (tertiary/aromatic N) is 17. The average molecular weight is 2100 g/mol. The van der Waals surface area contributed by atoms with Gasteiger partial charge in [-0.2, -0.15) is 5.26 Å². The predicted molar refractivity (Wildman–Crippen MR) is 587 cm³/mol. The van der Waals surface area contributed by atoms with Crippen molar-refractivity contribution in [3.8, 4) is 28.3 Å². The molecule has 9 aromatic carbocycles. The minimum absolute atomic E-state index is 0.0118. The van der Waals surface area contributed by atoms with E-state index in [0.29, 0.717) is 47.3 Å². The number of hydrogen-bond acceptors (Lipinski definition) is 23. The maximum Gasteiger partial charge on any atom is 0.266 e. The first-order chi connectivity index (χ1) is 70.8. The monoisotopic (exact) mass is 2100 g/mol. The van der Waals surface area contributed by atoms with E-state index in [1.165, 1.54) is 58.9 Å². The highest BCUT2D eigenvalue weighted by molar-refractivity contribution is 9.10. The molecular formula is C114H117BrClFN24O7S. The number of nitriles is 1. The zero-order valence-corrected chi connectivity index (χ0v) is 88.3. The Hall–Kier alpha value is -16.4. The normalized spacial score (nSPS) is 20.8. The molecule has 0 saturated carbocycles. The van der Waals surface area contributed by atoms with Crippen molar-refractivity contribution < 1.29 is 38.0 Å². The standard InChI is InChI=1S/C25H24N4O2.C24H26N6O.C20H18ClN3OS.C19H19N5O.C13H14BrN3O.C13H16FN3O/c1-2-22(30)27-21-15-9-10-18(16-21)17-29-23(31)25(28-24(29)26,19-11-5-3-6-12-19)20-13-7-4-8-14-20;1-23(2,3)16-8-6-15(7-9-16)20-21(31)29(5)22(26)28-24(20,4)17-10-11-19-27-13-18(12-25)30(19)14-17;1-20(11-17(25)24(2)19(22)23-20)16-10-13-6-4-8-15(18(13)26-16)12-5-3-7-14(21)9-12;1-19(10-17(25)23(2)18(20)22-19)15-11-21-16-9-8-14(12-24(15)16)13-6-4-3-5-7-13;1-17-11(18)7-13(16-12(17)15)5-4-8-2-3-9(14)6-10(8)13;1-8-6-9(14)4-5-10(8)13(2)7-11(18)17(3)12(15)16-13/h3-16H,2,17H2,1H3,(H2,26,28)(H,27,30);6-11,13-14,20H,1-5H3,(H2,26,28);3-10H,11H2,1-2H3,(H2,22,23);3-9,11-12H,10H2,1-2H3,(H2,20,22);2-3,6H,4-5,7H2,1H3,(H2,15,16);4-6H,7H2,1-3H3,(H2,15,16)/t;20-,24-;20-;19-;2*13-/m.10000/s1. The van der Waals surface area contributed by atoms with Crippen molar-refractivity contribution in [2.45, 2.75) is 158 Å². The SMILES string of the molecule is CCC(=O)Nc1cccc(CN2C(=O)C(c3ccccc3)(c3ccccc3)N=C2N)c1.CN1C(=O)C[C@@](C)(c2cc3cccc(-c4cccc(Cl)c4)c3s2)N=C1N.CN1C(=O)C[C@@](C)(c2cnc3ccc(-c4ccccc4)cn23)N=C1N.CN1C(=O)C[C@]2(CCc3ccc(Br)cc32)N=C1N.CN1C(=O)[C@@H](c2ccc(C(C)(C)C)cc2)[C@@](C)(c2ccc3ncc(C#N)n3c2)N=C1N.Cc1cc(F)ccc1[C@]1(C)CC(=O)N(C)C(N)=N1. The summed E-state index contributed by atoms with van der Waals surface area (Å²) in [6, 6.07) is 81.4. The first kappa shape index (κ1) is 105. The van der Waals surface area contributed by atoms with Crippen LogP contribution in [0.4, 0.5) is 10.1 Å².